The molecule has 1 aromatic heterocycles. The molecule has 0 bridgehead atoms. The van der Waals surface area contributed by atoms with Crippen LogP contribution in [0.1, 0.15) is 28.8 Å². The van der Waals surface area contributed by atoms with E-state index >= 15 is 0 Å². The van der Waals surface area contributed by atoms with Crippen LogP contribution in [0.3, 0.4) is 0 Å². The number of hydrogen-bond donors (Lipinski definition) is 0. The average Bonchev–Trinajstić information content (AvgIpc) is 3.38. The molecule has 0 N–H and O–H groups in total. The van der Waals surface area contributed by atoms with Crippen molar-refractivity contribution in [1.82, 2.24) is 14.7 Å². The van der Waals surface area contributed by atoms with Crippen molar-refractivity contribution in [2.45, 2.75) is 25.9 Å². The molecule has 3 aromatic rings. The Morgan fingerprint density at radius 3 is 2.59 bits per heavy atom. The number of amides is 1. The number of carbonyl (C=O) groups excluding carboxylic acids is 1. The Morgan fingerprint density at radius 2 is 1.89 bits per heavy atom. The molecule has 138 valence electrons. The van der Waals surface area contributed by atoms with Gasteiger partial charge < -0.3 is 4.90 Å². The van der Waals surface area contributed by atoms with Gasteiger partial charge >= 0.3 is 0 Å². The molecular weight excluding hydrogens is 341 g/mol. The van der Waals surface area contributed by atoms with E-state index in [1.807, 2.05) is 35.1 Å². The van der Waals surface area contributed by atoms with E-state index in [1.165, 1.54) is 23.8 Å². The number of aromatic nitrogens is 2. The Kier molecular flexibility index (Phi) is 4.75. The first-order chi connectivity index (χ1) is 13.1. The van der Waals surface area contributed by atoms with Gasteiger partial charge in [0.1, 0.15) is 5.82 Å². The summed E-state index contributed by atoms with van der Waals surface area (Å²) >= 11 is 0. The lowest BCUT2D eigenvalue weighted by Crippen LogP contribution is -2.26. The van der Waals surface area contributed by atoms with E-state index in [9.17, 15) is 9.18 Å². The second-order valence-electron chi connectivity index (χ2n) is 7.22. The molecule has 1 aliphatic carbocycles. The minimum Gasteiger partial charge on any atom is -0.337 e. The normalized spacial score (nSPS) is 13.6. The van der Waals surface area contributed by atoms with E-state index in [0.29, 0.717) is 11.1 Å². The quantitative estimate of drug-likeness (QED) is 0.652. The van der Waals surface area contributed by atoms with Crippen LogP contribution in [0.4, 0.5) is 4.39 Å². The molecule has 1 amide bonds. The van der Waals surface area contributed by atoms with Gasteiger partial charge in [0.05, 0.1) is 6.20 Å². The predicted octanol–water partition coefficient (Wildman–Crippen LogP) is 4.37. The molecule has 5 heteroatoms. The first-order valence-corrected chi connectivity index (χ1v) is 9.22. The summed E-state index contributed by atoms with van der Waals surface area (Å²) in [4.78, 5) is 14.2. The molecule has 4 rings (SSSR count). The third-order valence-electron chi connectivity index (χ3n) is 4.95. The first-order valence-electron chi connectivity index (χ1n) is 9.22. The number of hydrogen-bond acceptors (Lipinski definition) is 2. The van der Waals surface area contributed by atoms with Crippen LogP contribution in [0.2, 0.25) is 0 Å². The Hall–Kier alpha value is -2.95. The SMILES string of the molecule is CN(Cc1ccccc1F)C(=O)c1ccc(-c2cnn(CC3CC3)c2)cc1. The van der Waals surface area contributed by atoms with Gasteiger partial charge in [-0.15, -0.1) is 0 Å². The zero-order valence-corrected chi connectivity index (χ0v) is 15.3. The highest BCUT2D eigenvalue weighted by atomic mass is 19.1. The number of rotatable bonds is 6. The van der Waals surface area contributed by atoms with Crippen molar-refractivity contribution in [3.63, 3.8) is 0 Å². The summed E-state index contributed by atoms with van der Waals surface area (Å²) < 4.78 is 15.8. The molecule has 1 saturated carbocycles. The minimum absolute atomic E-state index is 0.130. The van der Waals surface area contributed by atoms with Gasteiger partial charge in [-0.05, 0) is 42.5 Å². The van der Waals surface area contributed by atoms with Crippen LogP contribution in [-0.2, 0) is 13.1 Å². The number of benzene rings is 2. The standard InChI is InChI=1S/C22H22FN3O/c1-25(14-19-4-2-3-5-21(19)23)22(27)18-10-8-17(9-11-18)20-12-24-26(15-20)13-16-6-7-16/h2-5,8-12,15-16H,6-7,13-14H2,1H3. The zero-order valence-electron chi connectivity index (χ0n) is 15.3. The fourth-order valence-electron chi connectivity index (χ4n) is 3.16. The van der Waals surface area contributed by atoms with Crippen LogP contribution < -0.4 is 0 Å². The third-order valence-corrected chi connectivity index (χ3v) is 4.95. The highest BCUT2D eigenvalue weighted by molar-refractivity contribution is 5.94. The second kappa shape index (κ2) is 7.35. The lowest BCUT2D eigenvalue weighted by molar-refractivity contribution is 0.0784. The molecule has 0 atom stereocenters. The molecule has 1 aliphatic rings. The topological polar surface area (TPSA) is 38.1 Å². The number of nitrogens with zero attached hydrogens (tertiary/aromatic N) is 3. The first kappa shape index (κ1) is 17.5. The molecule has 0 spiro atoms. The summed E-state index contributed by atoms with van der Waals surface area (Å²) in [6.45, 7) is 1.22. The van der Waals surface area contributed by atoms with Crippen LogP contribution in [0.15, 0.2) is 60.9 Å². The summed E-state index contributed by atoms with van der Waals surface area (Å²) in [5.74, 6) is 0.354. The van der Waals surface area contributed by atoms with Gasteiger partial charge in [0, 0.05) is 43.0 Å². The summed E-state index contributed by atoms with van der Waals surface area (Å²) in [6.07, 6.45) is 6.52. The molecule has 0 radical (unpaired) electrons. The van der Waals surface area contributed by atoms with Crippen LogP contribution in [0.25, 0.3) is 11.1 Å². The molecule has 0 unspecified atom stereocenters. The van der Waals surface area contributed by atoms with E-state index in [4.69, 9.17) is 0 Å². The van der Waals surface area contributed by atoms with Gasteiger partial charge in [-0.1, -0.05) is 30.3 Å². The molecule has 1 fully saturated rings. The Morgan fingerprint density at radius 1 is 1.15 bits per heavy atom. The van der Waals surface area contributed by atoms with Crippen LogP contribution in [0, 0.1) is 11.7 Å². The van der Waals surface area contributed by atoms with E-state index in [1.54, 1.807) is 25.2 Å². The van der Waals surface area contributed by atoms with Crippen molar-refractivity contribution in [2.24, 2.45) is 5.92 Å². The van der Waals surface area contributed by atoms with Crippen molar-refractivity contribution >= 4 is 5.91 Å². The summed E-state index contributed by atoms with van der Waals surface area (Å²) in [5, 5.41) is 4.42. The Labute approximate surface area is 158 Å². The minimum atomic E-state index is -0.296. The van der Waals surface area contributed by atoms with Gasteiger partial charge in [0.15, 0.2) is 0 Å². The van der Waals surface area contributed by atoms with Gasteiger partial charge in [-0.3, -0.25) is 9.48 Å². The highest BCUT2D eigenvalue weighted by Crippen LogP contribution is 2.31. The fraction of sp³-hybridized carbons (Fsp3) is 0.273. The van der Waals surface area contributed by atoms with E-state index in [0.717, 1.165) is 23.6 Å². The lowest BCUT2D eigenvalue weighted by Gasteiger charge is -2.18. The number of halogens is 1. The van der Waals surface area contributed by atoms with Crippen molar-refractivity contribution in [1.29, 1.82) is 0 Å². The summed E-state index contributed by atoms with van der Waals surface area (Å²) in [5.41, 5.74) is 3.18. The van der Waals surface area contributed by atoms with Crippen LogP contribution >= 0.6 is 0 Å². The Bertz CT molecular complexity index is 944. The van der Waals surface area contributed by atoms with Crippen molar-refractivity contribution in [3.8, 4) is 11.1 Å². The highest BCUT2D eigenvalue weighted by Gasteiger charge is 2.22. The van der Waals surface area contributed by atoms with E-state index in [2.05, 4.69) is 11.3 Å². The molecule has 2 aromatic carbocycles. The third kappa shape index (κ3) is 4.08. The van der Waals surface area contributed by atoms with Gasteiger partial charge in [-0.25, -0.2) is 4.39 Å². The van der Waals surface area contributed by atoms with Gasteiger partial charge in [0.2, 0.25) is 0 Å². The van der Waals surface area contributed by atoms with Crippen molar-refractivity contribution in [2.75, 3.05) is 7.05 Å². The molecule has 0 saturated heterocycles. The average molecular weight is 363 g/mol. The van der Waals surface area contributed by atoms with Gasteiger partial charge in [0.25, 0.3) is 5.91 Å². The van der Waals surface area contributed by atoms with Crippen molar-refractivity contribution in [3.05, 3.63) is 77.9 Å². The van der Waals surface area contributed by atoms with Crippen LogP contribution in [0.5, 0.6) is 0 Å². The predicted molar refractivity (Wildman–Crippen MR) is 103 cm³/mol. The molecule has 27 heavy (non-hydrogen) atoms. The summed E-state index contributed by atoms with van der Waals surface area (Å²) in [7, 11) is 1.69. The lowest BCUT2D eigenvalue weighted by atomic mass is 10.1. The van der Waals surface area contributed by atoms with E-state index < -0.39 is 0 Å². The van der Waals surface area contributed by atoms with Crippen molar-refractivity contribution < 1.29 is 9.18 Å². The molecule has 0 aliphatic heterocycles. The second-order valence-corrected chi connectivity index (χ2v) is 7.22. The molecule has 1 heterocycles. The summed E-state index contributed by atoms with van der Waals surface area (Å²) in [6, 6.07) is 14.0. The van der Waals surface area contributed by atoms with Crippen LogP contribution in [-0.4, -0.2) is 27.6 Å². The Balaban J connectivity index is 1.43. The fourth-order valence-corrected chi connectivity index (χ4v) is 3.16. The maximum Gasteiger partial charge on any atom is 0.253 e. The zero-order chi connectivity index (χ0) is 18.8. The molecular formula is C22H22FN3O. The van der Waals surface area contributed by atoms with E-state index in [-0.39, 0.29) is 18.3 Å². The monoisotopic (exact) mass is 363 g/mol. The van der Waals surface area contributed by atoms with Gasteiger partial charge in [-0.2, -0.15) is 5.10 Å². The maximum absolute atomic E-state index is 13.8. The largest absolute Gasteiger partial charge is 0.337 e. The number of carbonyl (C=O) groups is 1. The molecule has 4 nitrogen and oxygen atoms in total. The maximum atomic E-state index is 13.8. The smallest absolute Gasteiger partial charge is 0.253 e.